The summed E-state index contributed by atoms with van der Waals surface area (Å²) in [6.07, 6.45) is 3.82. The molecule has 1 aliphatic heterocycles. The molecule has 2 aromatic carbocycles. The fraction of sp³-hybridized carbons (Fsp3) is 0.238. The zero-order valence-electron chi connectivity index (χ0n) is 15.7. The Bertz CT molecular complexity index is 966. The molecule has 6 heteroatoms. The van der Waals surface area contributed by atoms with Crippen molar-refractivity contribution in [1.82, 2.24) is 5.43 Å². The number of hydrogen-bond donors (Lipinski definition) is 1. The molecular formula is C21H21ClIN3O. The van der Waals surface area contributed by atoms with E-state index in [1.54, 1.807) is 12.3 Å². The van der Waals surface area contributed by atoms with Crippen molar-refractivity contribution in [2.45, 2.75) is 26.3 Å². The fourth-order valence-corrected chi connectivity index (χ4v) is 3.89. The molecule has 1 aliphatic rings. The molecule has 0 unspecified atom stereocenters. The third-order valence-corrected chi connectivity index (χ3v) is 5.79. The minimum absolute atomic E-state index is 0.0722. The van der Waals surface area contributed by atoms with Crippen LogP contribution in [0.25, 0.3) is 5.57 Å². The summed E-state index contributed by atoms with van der Waals surface area (Å²) in [5.74, 6) is -0.253. The van der Waals surface area contributed by atoms with Crippen LogP contribution in [-0.4, -0.2) is 24.7 Å². The highest BCUT2D eigenvalue weighted by molar-refractivity contribution is 14.1. The molecule has 4 nitrogen and oxygen atoms in total. The van der Waals surface area contributed by atoms with Gasteiger partial charge >= 0.3 is 0 Å². The highest BCUT2D eigenvalue weighted by Crippen LogP contribution is 2.40. The average Bonchev–Trinajstić information content (AvgIpc) is 2.60. The summed E-state index contributed by atoms with van der Waals surface area (Å²) >= 11 is 8.64. The molecule has 3 rings (SSSR count). The summed E-state index contributed by atoms with van der Waals surface area (Å²) in [4.78, 5) is 14.4. The zero-order valence-corrected chi connectivity index (χ0v) is 18.6. The number of likely N-dealkylation sites (N-methyl/N-ethyl adjacent to an activating group) is 1. The van der Waals surface area contributed by atoms with Gasteiger partial charge in [0.1, 0.15) is 0 Å². The van der Waals surface area contributed by atoms with Crippen LogP contribution in [0.4, 0.5) is 5.69 Å². The molecule has 27 heavy (non-hydrogen) atoms. The predicted octanol–water partition coefficient (Wildman–Crippen LogP) is 5.34. The van der Waals surface area contributed by atoms with E-state index in [9.17, 15) is 4.79 Å². The number of anilines is 1. The number of carbonyl (C=O) groups is 1. The van der Waals surface area contributed by atoms with Gasteiger partial charge in [-0.2, -0.15) is 5.10 Å². The number of halogens is 2. The molecule has 140 valence electrons. The van der Waals surface area contributed by atoms with Crippen molar-refractivity contribution in [2.24, 2.45) is 5.10 Å². The van der Waals surface area contributed by atoms with Crippen LogP contribution in [0.1, 0.15) is 42.3 Å². The summed E-state index contributed by atoms with van der Waals surface area (Å²) in [5.41, 5.74) is 7.22. The number of hydrazone groups is 1. The van der Waals surface area contributed by atoms with E-state index in [1.165, 1.54) is 5.57 Å². The van der Waals surface area contributed by atoms with Crippen LogP contribution in [0.3, 0.4) is 0 Å². The van der Waals surface area contributed by atoms with Crippen molar-refractivity contribution in [3.63, 3.8) is 0 Å². The standard InChI is InChI=1S/C21H21ClIN3O/c1-13-11-21(2,3)26(4)19-10-18(22)15(9-17(13)19)12-24-25-20(27)14-6-5-7-16(23)8-14/h5-12H,1-4H3,(H,25,27)/b24-12-. The second-order valence-electron chi connectivity index (χ2n) is 7.14. The number of rotatable bonds is 3. The Morgan fingerprint density at radius 1 is 1.30 bits per heavy atom. The lowest BCUT2D eigenvalue weighted by atomic mass is 9.88. The molecule has 0 radical (unpaired) electrons. The van der Waals surface area contributed by atoms with Crippen molar-refractivity contribution in [1.29, 1.82) is 0 Å². The summed E-state index contributed by atoms with van der Waals surface area (Å²) < 4.78 is 0.997. The molecule has 1 amide bonds. The van der Waals surface area contributed by atoms with Crippen LogP contribution in [0.15, 0.2) is 47.6 Å². The number of carbonyl (C=O) groups excluding carboxylic acids is 1. The van der Waals surface area contributed by atoms with Crippen molar-refractivity contribution < 1.29 is 4.79 Å². The number of allylic oxidation sites excluding steroid dienone is 1. The second kappa shape index (κ2) is 7.64. The summed E-state index contributed by atoms with van der Waals surface area (Å²) in [6.45, 7) is 6.44. The van der Waals surface area contributed by atoms with Gasteiger partial charge in [-0.05, 0) is 79.3 Å². The van der Waals surface area contributed by atoms with Crippen molar-refractivity contribution in [3.05, 3.63) is 67.8 Å². The van der Waals surface area contributed by atoms with Gasteiger partial charge in [-0.1, -0.05) is 23.7 Å². The summed E-state index contributed by atoms with van der Waals surface area (Å²) in [5, 5.41) is 4.68. The molecule has 0 fully saturated rings. The number of amides is 1. The molecular weight excluding hydrogens is 473 g/mol. The normalized spacial score (nSPS) is 15.5. The van der Waals surface area contributed by atoms with Gasteiger partial charge in [-0.3, -0.25) is 4.79 Å². The number of fused-ring (bicyclic) bond motifs is 1. The Hall–Kier alpha value is -1.86. The maximum absolute atomic E-state index is 12.2. The van der Waals surface area contributed by atoms with Crippen LogP contribution < -0.4 is 10.3 Å². The number of nitrogens with one attached hydrogen (secondary N) is 1. The van der Waals surface area contributed by atoms with Crippen molar-refractivity contribution in [3.8, 4) is 0 Å². The Morgan fingerprint density at radius 2 is 2.04 bits per heavy atom. The number of hydrogen-bond acceptors (Lipinski definition) is 3. The molecule has 0 aromatic heterocycles. The summed E-state index contributed by atoms with van der Waals surface area (Å²) in [7, 11) is 2.06. The molecule has 2 aromatic rings. The predicted molar refractivity (Wildman–Crippen MR) is 122 cm³/mol. The molecule has 0 saturated heterocycles. The maximum Gasteiger partial charge on any atom is 0.271 e. The smallest absolute Gasteiger partial charge is 0.271 e. The molecule has 1 heterocycles. The first kappa shape index (κ1) is 19.9. The minimum Gasteiger partial charge on any atom is -0.365 e. The van der Waals surface area contributed by atoms with E-state index in [-0.39, 0.29) is 11.4 Å². The second-order valence-corrected chi connectivity index (χ2v) is 8.79. The first-order valence-corrected chi connectivity index (χ1v) is 10.0. The van der Waals surface area contributed by atoms with Gasteiger partial charge in [0.15, 0.2) is 0 Å². The van der Waals surface area contributed by atoms with Crippen molar-refractivity contribution in [2.75, 3.05) is 11.9 Å². The SMILES string of the molecule is CC1=CC(C)(C)N(C)c2cc(Cl)c(/C=N\NC(=O)c3cccc(I)c3)cc21. The number of nitrogens with zero attached hydrogens (tertiary/aromatic N) is 2. The fourth-order valence-electron chi connectivity index (χ4n) is 3.14. The highest BCUT2D eigenvalue weighted by atomic mass is 127. The van der Waals surface area contributed by atoms with E-state index < -0.39 is 0 Å². The third-order valence-electron chi connectivity index (χ3n) is 4.79. The van der Waals surface area contributed by atoms with Gasteiger partial charge in [-0.15, -0.1) is 0 Å². The van der Waals surface area contributed by atoms with Gasteiger partial charge in [0, 0.05) is 33.0 Å². The Labute approximate surface area is 178 Å². The van der Waals surface area contributed by atoms with Crippen LogP contribution >= 0.6 is 34.2 Å². The lowest BCUT2D eigenvalue weighted by Crippen LogP contribution is -2.42. The summed E-state index contributed by atoms with van der Waals surface area (Å²) in [6, 6.07) is 11.3. The monoisotopic (exact) mass is 493 g/mol. The molecule has 0 aliphatic carbocycles. The van der Waals surface area contributed by atoms with E-state index in [0.717, 1.165) is 20.4 Å². The molecule has 0 atom stereocenters. The Morgan fingerprint density at radius 3 is 2.74 bits per heavy atom. The lowest BCUT2D eigenvalue weighted by molar-refractivity contribution is 0.0955. The van der Waals surface area contributed by atoms with E-state index >= 15 is 0 Å². The van der Waals surface area contributed by atoms with E-state index in [1.807, 2.05) is 30.3 Å². The van der Waals surface area contributed by atoms with Gasteiger partial charge < -0.3 is 4.90 Å². The topological polar surface area (TPSA) is 44.7 Å². The Balaban J connectivity index is 1.83. The molecule has 0 saturated carbocycles. The number of benzene rings is 2. The third kappa shape index (κ3) is 4.19. The lowest BCUT2D eigenvalue weighted by Gasteiger charge is -2.40. The van der Waals surface area contributed by atoms with E-state index in [4.69, 9.17) is 11.6 Å². The van der Waals surface area contributed by atoms with Crippen molar-refractivity contribution >= 4 is 57.6 Å². The molecule has 1 N–H and O–H groups in total. The van der Waals surface area contributed by atoms with E-state index in [2.05, 4.69) is 71.9 Å². The van der Waals surface area contributed by atoms with Gasteiger partial charge in [0.25, 0.3) is 5.91 Å². The van der Waals surface area contributed by atoms with E-state index in [0.29, 0.717) is 10.6 Å². The van der Waals surface area contributed by atoms with Crippen LogP contribution in [0, 0.1) is 3.57 Å². The zero-order chi connectivity index (χ0) is 19.8. The molecule has 0 spiro atoms. The average molecular weight is 494 g/mol. The minimum atomic E-state index is -0.253. The first-order chi connectivity index (χ1) is 12.7. The largest absolute Gasteiger partial charge is 0.365 e. The molecule has 0 bridgehead atoms. The Kier molecular flexibility index (Phi) is 5.63. The maximum atomic E-state index is 12.2. The van der Waals surface area contributed by atoms with Gasteiger partial charge in [0.2, 0.25) is 0 Å². The van der Waals surface area contributed by atoms with Gasteiger partial charge in [-0.25, -0.2) is 5.43 Å². The van der Waals surface area contributed by atoms with Crippen LogP contribution in [-0.2, 0) is 0 Å². The van der Waals surface area contributed by atoms with Gasteiger partial charge in [0.05, 0.1) is 16.8 Å². The quantitative estimate of drug-likeness (QED) is 0.356. The van der Waals surface area contributed by atoms with Crippen LogP contribution in [0.5, 0.6) is 0 Å². The van der Waals surface area contributed by atoms with Crippen LogP contribution in [0.2, 0.25) is 5.02 Å². The first-order valence-electron chi connectivity index (χ1n) is 8.55. The highest BCUT2D eigenvalue weighted by Gasteiger charge is 2.29.